The van der Waals surface area contributed by atoms with E-state index in [9.17, 15) is 9.18 Å². The Morgan fingerprint density at radius 2 is 1.88 bits per heavy atom. The number of carbonyl (C=O) groups excluding carboxylic acids is 1. The van der Waals surface area contributed by atoms with Crippen molar-refractivity contribution in [3.8, 4) is 0 Å². The highest BCUT2D eigenvalue weighted by molar-refractivity contribution is 5.69. The molecule has 1 unspecified atom stereocenters. The maximum Gasteiger partial charge on any atom is 0.410 e. The largest absolute Gasteiger partial charge is 0.444 e. The highest BCUT2D eigenvalue weighted by Crippen LogP contribution is 2.31. The van der Waals surface area contributed by atoms with Gasteiger partial charge in [0.2, 0.25) is 0 Å². The molecule has 1 aliphatic heterocycles. The predicted octanol–water partition coefficient (Wildman–Crippen LogP) is 4.63. The average molecular weight is 350 g/mol. The molecule has 140 valence electrons. The third-order valence-electron chi connectivity index (χ3n) is 4.44. The van der Waals surface area contributed by atoms with E-state index >= 15 is 0 Å². The SMILES string of the molecule is CC(C)(C)OC(=O)N1CCN(c2cccc(CF)c2)CC1C(C)(C)C. The quantitative estimate of drug-likeness (QED) is 0.780. The molecular formula is C20H31FN2O2. The summed E-state index contributed by atoms with van der Waals surface area (Å²) in [4.78, 5) is 16.7. The standard InChI is InChI=1S/C20H31FN2O2/c1-19(2,3)17-14-22(16-9-7-8-15(12-16)13-21)10-11-23(17)18(24)25-20(4,5)6/h7-9,12,17H,10-11,13-14H2,1-6H3. The van der Waals surface area contributed by atoms with Crippen molar-refractivity contribution in [2.24, 2.45) is 5.41 Å². The van der Waals surface area contributed by atoms with Crippen LogP contribution in [0.15, 0.2) is 24.3 Å². The molecule has 0 radical (unpaired) electrons. The van der Waals surface area contributed by atoms with Crippen LogP contribution in [0.25, 0.3) is 0 Å². The second-order valence-corrected chi connectivity index (χ2v) is 8.81. The number of carbonyl (C=O) groups is 1. The van der Waals surface area contributed by atoms with Crippen LogP contribution >= 0.6 is 0 Å². The van der Waals surface area contributed by atoms with E-state index in [1.54, 1.807) is 6.07 Å². The van der Waals surface area contributed by atoms with Crippen LogP contribution in [-0.2, 0) is 11.4 Å². The number of alkyl halides is 1. The number of hydrogen-bond acceptors (Lipinski definition) is 3. The van der Waals surface area contributed by atoms with Crippen molar-refractivity contribution in [3.05, 3.63) is 29.8 Å². The zero-order chi connectivity index (χ0) is 18.8. The number of rotatable bonds is 2. The topological polar surface area (TPSA) is 32.8 Å². The lowest BCUT2D eigenvalue weighted by Crippen LogP contribution is -2.60. The van der Waals surface area contributed by atoms with Gasteiger partial charge in [-0.1, -0.05) is 32.9 Å². The van der Waals surface area contributed by atoms with E-state index in [1.165, 1.54) is 0 Å². The number of ether oxygens (including phenoxy) is 1. The number of halogens is 1. The molecule has 4 nitrogen and oxygen atoms in total. The second kappa shape index (κ2) is 7.22. The van der Waals surface area contributed by atoms with Crippen molar-refractivity contribution >= 4 is 11.8 Å². The fraction of sp³-hybridized carbons (Fsp3) is 0.650. The molecule has 2 rings (SSSR count). The third-order valence-corrected chi connectivity index (χ3v) is 4.44. The molecule has 0 bridgehead atoms. The van der Waals surface area contributed by atoms with Gasteiger partial charge < -0.3 is 14.5 Å². The molecule has 5 heteroatoms. The smallest absolute Gasteiger partial charge is 0.410 e. The molecule has 0 saturated carbocycles. The summed E-state index contributed by atoms with van der Waals surface area (Å²) in [6, 6.07) is 7.59. The van der Waals surface area contributed by atoms with E-state index in [4.69, 9.17) is 4.74 Å². The number of nitrogens with zero attached hydrogens (tertiary/aromatic N) is 2. The number of amides is 1. The Labute approximate surface area is 150 Å². The van der Waals surface area contributed by atoms with Gasteiger partial charge in [-0.2, -0.15) is 0 Å². The molecule has 0 N–H and O–H groups in total. The van der Waals surface area contributed by atoms with Gasteiger partial charge >= 0.3 is 6.09 Å². The summed E-state index contributed by atoms with van der Waals surface area (Å²) >= 11 is 0. The van der Waals surface area contributed by atoms with Gasteiger partial charge in [0.05, 0.1) is 6.04 Å². The molecule has 0 aromatic heterocycles. The van der Waals surface area contributed by atoms with Crippen LogP contribution < -0.4 is 4.90 Å². The first kappa shape index (κ1) is 19.5. The van der Waals surface area contributed by atoms with Gasteiger partial charge in [-0.3, -0.25) is 0 Å². The van der Waals surface area contributed by atoms with E-state index in [0.717, 1.165) is 5.69 Å². The zero-order valence-corrected chi connectivity index (χ0v) is 16.3. The molecule has 1 aromatic carbocycles. The van der Waals surface area contributed by atoms with Crippen LogP contribution in [0.3, 0.4) is 0 Å². The first-order valence-corrected chi connectivity index (χ1v) is 8.91. The highest BCUT2D eigenvalue weighted by Gasteiger charge is 2.39. The van der Waals surface area contributed by atoms with Crippen molar-refractivity contribution in [3.63, 3.8) is 0 Å². The van der Waals surface area contributed by atoms with Crippen LogP contribution in [0.1, 0.15) is 47.1 Å². The van der Waals surface area contributed by atoms with Gasteiger partial charge in [0.1, 0.15) is 12.3 Å². The summed E-state index contributed by atoms with van der Waals surface area (Å²) < 4.78 is 18.6. The van der Waals surface area contributed by atoms with Gasteiger partial charge in [-0.25, -0.2) is 9.18 Å². The van der Waals surface area contributed by atoms with E-state index < -0.39 is 12.3 Å². The van der Waals surface area contributed by atoms with Crippen LogP contribution in [0, 0.1) is 5.41 Å². The molecule has 0 spiro atoms. The monoisotopic (exact) mass is 350 g/mol. The summed E-state index contributed by atoms with van der Waals surface area (Å²) in [6.07, 6.45) is -0.260. The van der Waals surface area contributed by atoms with Gasteiger partial charge in [0.25, 0.3) is 0 Å². The Hall–Kier alpha value is -1.78. The minimum atomic E-state index is -0.508. The van der Waals surface area contributed by atoms with Crippen LogP contribution in [0.5, 0.6) is 0 Å². The summed E-state index contributed by atoms with van der Waals surface area (Å²) in [6.45, 7) is 13.6. The van der Waals surface area contributed by atoms with Gasteiger partial charge in [-0.15, -0.1) is 0 Å². The van der Waals surface area contributed by atoms with Gasteiger partial charge in [-0.05, 0) is 43.9 Å². The normalized spacial score (nSPS) is 19.1. The van der Waals surface area contributed by atoms with Crippen LogP contribution in [0.4, 0.5) is 14.9 Å². The molecule has 1 saturated heterocycles. The van der Waals surface area contributed by atoms with Gasteiger partial charge in [0, 0.05) is 25.3 Å². The lowest BCUT2D eigenvalue weighted by Gasteiger charge is -2.47. The molecule has 25 heavy (non-hydrogen) atoms. The molecular weight excluding hydrogens is 319 g/mol. The fourth-order valence-corrected chi connectivity index (χ4v) is 3.13. The van der Waals surface area contributed by atoms with Crippen molar-refractivity contribution in [2.75, 3.05) is 24.5 Å². The molecule has 1 aromatic rings. The van der Waals surface area contributed by atoms with E-state index in [2.05, 4.69) is 25.7 Å². The molecule has 1 heterocycles. The molecule has 1 amide bonds. The van der Waals surface area contributed by atoms with E-state index in [1.807, 2.05) is 43.9 Å². The maximum atomic E-state index is 13.0. The van der Waals surface area contributed by atoms with Gasteiger partial charge in [0.15, 0.2) is 0 Å². The van der Waals surface area contributed by atoms with E-state index in [0.29, 0.717) is 25.2 Å². The first-order chi connectivity index (χ1) is 11.5. The number of hydrogen-bond donors (Lipinski definition) is 0. The molecule has 1 aliphatic rings. The summed E-state index contributed by atoms with van der Waals surface area (Å²) in [7, 11) is 0. The number of piperazine rings is 1. The van der Waals surface area contributed by atoms with Crippen LogP contribution in [0.2, 0.25) is 0 Å². The van der Waals surface area contributed by atoms with Crippen molar-refractivity contribution in [2.45, 2.75) is 59.9 Å². The first-order valence-electron chi connectivity index (χ1n) is 8.91. The Morgan fingerprint density at radius 3 is 2.44 bits per heavy atom. The summed E-state index contributed by atoms with van der Waals surface area (Å²) in [5.41, 5.74) is 1.09. The number of benzene rings is 1. The Kier molecular flexibility index (Phi) is 5.65. The van der Waals surface area contributed by atoms with E-state index in [-0.39, 0.29) is 17.6 Å². The maximum absolute atomic E-state index is 13.0. The molecule has 1 atom stereocenters. The highest BCUT2D eigenvalue weighted by atomic mass is 19.1. The Balaban J connectivity index is 2.21. The Bertz CT molecular complexity index is 604. The predicted molar refractivity (Wildman–Crippen MR) is 99.7 cm³/mol. The summed E-state index contributed by atoms with van der Waals surface area (Å²) in [5.74, 6) is 0. The minimum absolute atomic E-state index is 0.0186. The zero-order valence-electron chi connectivity index (χ0n) is 16.3. The van der Waals surface area contributed by atoms with Crippen molar-refractivity contribution in [1.82, 2.24) is 4.90 Å². The van der Waals surface area contributed by atoms with Crippen molar-refractivity contribution in [1.29, 1.82) is 0 Å². The molecule has 0 aliphatic carbocycles. The lowest BCUT2D eigenvalue weighted by atomic mass is 9.84. The number of anilines is 1. The molecule has 1 fully saturated rings. The van der Waals surface area contributed by atoms with Crippen LogP contribution in [-0.4, -0.2) is 42.3 Å². The minimum Gasteiger partial charge on any atom is -0.444 e. The average Bonchev–Trinajstić information content (AvgIpc) is 2.52. The van der Waals surface area contributed by atoms with Crippen molar-refractivity contribution < 1.29 is 13.9 Å². The second-order valence-electron chi connectivity index (χ2n) is 8.81. The Morgan fingerprint density at radius 1 is 1.20 bits per heavy atom. The summed E-state index contributed by atoms with van der Waals surface area (Å²) in [5, 5.41) is 0. The third kappa shape index (κ3) is 5.10. The fourth-order valence-electron chi connectivity index (χ4n) is 3.13. The lowest BCUT2D eigenvalue weighted by molar-refractivity contribution is -0.000631.